The molecule has 8 heteroatoms. The SMILES string of the molecule is Brc1ccc(CN2CCN[C@@H](Cc3ccccc3)C2)cc1.Cc1ccc(C)c(-c2ccc(CN3CCN[C@@H](Cc4ccccc4)C3)cc2)c1.Cc1ccc(C)c(B(O)O)c1. The highest BCUT2D eigenvalue weighted by molar-refractivity contribution is 9.10. The first-order chi connectivity index (χ1) is 29.1. The number of nitrogens with one attached hydrogen (secondary N) is 2. The number of nitrogens with zero attached hydrogens (tertiary/aromatic N) is 2. The van der Waals surface area contributed by atoms with E-state index in [2.05, 4.69) is 178 Å². The molecule has 2 saturated heterocycles. The van der Waals surface area contributed by atoms with Gasteiger partial charge in [-0.2, -0.15) is 0 Å². The molecule has 6 aromatic rings. The second-order valence-corrected chi connectivity index (χ2v) is 17.4. The molecule has 8 rings (SSSR count). The Balaban J connectivity index is 0.000000166. The number of benzene rings is 6. The first kappa shape index (κ1) is 45.2. The Morgan fingerprint density at radius 2 is 1.02 bits per heavy atom. The maximum absolute atomic E-state index is 8.88. The lowest BCUT2D eigenvalue weighted by Crippen LogP contribution is -2.51. The van der Waals surface area contributed by atoms with E-state index >= 15 is 0 Å². The molecule has 0 saturated carbocycles. The van der Waals surface area contributed by atoms with Crippen molar-refractivity contribution >= 4 is 28.5 Å². The van der Waals surface area contributed by atoms with Crippen LogP contribution in [0.4, 0.5) is 0 Å². The molecule has 6 aromatic carbocycles. The molecule has 2 atom stereocenters. The maximum Gasteiger partial charge on any atom is 0.488 e. The second-order valence-electron chi connectivity index (χ2n) is 16.5. The number of hydrogen-bond acceptors (Lipinski definition) is 6. The summed E-state index contributed by atoms with van der Waals surface area (Å²) in [5, 5.41) is 25.1. The first-order valence-corrected chi connectivity index (χ1v) is 22.2. The van der Waals surface area contributed by atoms with Crippen LogP contribution < -0.4 is 16.1 Å². The Morgan fingerprint density at radius 1 is 0.550 bits per heavy atom. The normalized spacial score (nSPS) is 16.9. The van der Waals surface area contributed by atoms with Crippen molar-refractivity contribution in [3.05, 3.63) is 195 Å². The summed E-state index contributed by atoms with van der Waals surface area (Å²) in [6, 6.07) is 52.8. The Labute approximate surface area is 368 Å². The van der Waals surface area contributed by atoms with E-state index in [4.69, 9.17) is 10.0 Å². The molecule has 0 aliphatic carbocycles. The first-order valence-electron chi connectivity index (χ1n) is 21.4. The van der Waals surface area contributed by atoms with Gasteiger partial charge in [-0.3, -0.25) is 9.80 Å². The van der Waals surface area contributed by atoms with Gasteiger partial charge in [-0.1, -0.05) is 166 Å². The molecule has 2 heterocycles. The summed E-state index contributed by atoms with van der Waals surface area (Å²) >= 11 is 3.49. The minimum atomic E-state index is -1.35. The monoisotopic (exact) mass is 864 g/mol. The van der Waals surface area contributed by atoms with Gasteiger partial charge in [0, 0.05) is 68.9 Å². The van der Waals surface area contributed by atoms with Crippen LogP contribution in [0, 0.1) is 27.7 Å². The third-order valence-electron chi connectivity index (χ3n) is 11.4. The summed E-state index contributed by atoms with van der Waals surface area (Å²) in [4.78, 5) is 5.13. The van der Waals surface area contributed by atoms with Crippen LogP contribution in [0.25, 0.3) is 11.1 Å². The highest BCUT2D eigenvalue weighted by Crippen LogP contribution is 2.25. The number of halogens is 1. The maximum atomic E-state index is 8.88. The van der Waals surface area contributed by atoms with Crippen LogP contribution in [0.1, 0.15) is 44.5 Å². The smallest absolute Gasteiger partial charge is 0.423 e. The zero-order valence-electron chi connectivity index (χ0n) is 35.8. The molecule has 0 aromatic heterocycles. The lowest BCUT2D eigenvalue weighted by atomic mass is 9.77. The average Bonchev–Trinajstić information content (AvgIpc) is 3.25. The van der Waals surface area contributed by atoms with Crippen molar-refractivity contribution in [1.29, 1.82) is 0 Å². The van der Waals surface area contributed by atoms with Crippen LogP contribution in [0.5, 0.6) is 0 Å². The van der Waals surface area contributed by atoms with E-state index in [1.54, 1.807) is 6.07 Å². The molecule has 60 heavy (non-hydrogen) atoms. The van der Waals surface area contributed by atoms with E-state index in [0.717, 1.165) is 80.8 Å². The molecule has 0 spiro atoms. The molecule has 2 fully saturated rings. The fourth-order valence-electron chi connectivity index (χ4n) is 8.13. The van der Waals surface area contributed by atoms with Crippen molar-refractivity contribution in [3.8, 4) is 11.1 Å². The second kappa shape index (κ2) is 23.0. The lowest BCUT2D eigenvalue weighted by molar-refractivity contribution is 0.192. The summed E-state index contributed by atoms with van der Waals surface area (Å²) in [5.74, 6) is 0. The quantitative estimate of drug-likeness (QED) is 0.104. The van der Waals surface area contributed by atoms with Crippen molar-refractivity contribution in [2.24, 2.45) is 0 Å². The number of hydrogen-bond donors (Lipinski definition) is 4. The van der Waals surface area contributed by atoms with Gasteiger partial charge in [-0.05, 0) is 97.1 Å². The van der Waals surface area contributed by atoms with E-state index < -0.39 is 7.12 Å². The van der Waals surface area contributed by atoms with Crippen molar-refractivity contribution in [2.75, 3.05) is 39.3 Å². The number of piperazine rings is 2. The van der Waals surface area contributed by atoms with Crippen LogP contribution in [-0.2, 0) is 25.9 Å². The number of rotatable bonds is 10. The van der Waals surface area contributed by atoms with Crippen molar-refractivity contribution in [2.45, 2.75) is 65.7 Å². The van der Waals surface area contributed by atoms with Crippen molar-refractivity contribution in [1.82, 2.24) is 20.4 Å². The molecule has 2 aliphatic heterocycles. The minimum absolute atomic E-state index is 0.533. The van der Waals surface area contributed by atoms with Crippen molar-refractivity contribution < 1.29 is 10.0 Å². The third kappa shape index (κ3) is 14.4. The predicted octanol–water partition coefficient (Wildman–Crippen LogP) is 8.44. The van der Waals surface area contributed by atoms with E-state index in [9.17, 15) is 0 Å². The zero-order chi connectivity index (χ0) is 42.3. The minimum Gasteiger partial charge on any atom is -0.423 e. The lowest BCUT2D eigenvalue weighted by Gasteiger charge is -2.34. The van der Waals surface area contributed by atoms with E-state index in [0.29, 0.717) is 17.5 Å². The molecule has 2 aliphatic rings. The molecular weight excluding hydrogens is 803 g/mol. The van der Waals surface area contributed by atoms with Crippen LogP contribution in [-0.4, -0.2) is 78.3 Å². The highest BCUT2D eigenvalue weighted by atomic mass is 79.9. The van der Waals surface area contributed by atoms with Crippen LogP contribution in [0.15, 0.2) is 150 Å². The summed E-state index contributed by atoms with van der Waals surface area (Å²) in [5.41, 5.74) is 13.5. The van der Waals surface area contributed by atoms with Gasteiger partial charge in [0.2, 0.25) is 0 Å². The van der Waals surface area contributed by atoms with E-state index in [1.807, 2.05) is 26.0 Å². The topological polar surface area (TPSA) is 71.0 Å². The Morgan fingerprint density at radius 3 is 1.50 bits per heavy atom. The summed E-state index contributed by atoms with van der Waals surface area (Å²) in [7, 11) is -1.35. The molecule has 312 valence electrons. The summed E-state index contributed by atoms with van der Waals surface area (Å²) < 4.78 is 1.15. The largest absolute Gasteiger partial charge is 0.488 e. The third-order valence-corrected chi connectivity index (χ3v) is 12.0. The molecule has 0 radical (unpaired) electrons. The van der Waals surface area contributed by atoms with Crippen LogP contribution in [0.2, 0.25) is 0 Å². The standard InChI is InChI=1S/C26H30N2.C18H21BrN2.C8H11BO2/c1-20-8-9-21(2)26(16-20)24-12-10-23(11-13-24)18-28-15-14-27-25(19-28)17-22-6-4-3-5-7-22;19-17-8-6-16(7-9-17)13-21-11-10-20-18(14-21)12-15-4-2-1-3-5-15;1-6-3-4-7(2)8(5-6)9(10)11/h3-13,16,25,27H,14-15,17-19H2,1-2H3;1-9,18,20H,10-14H2;3-5,10-11H,1-2H3/t25-;18-;/m00./s1. The van der Waals surface area contributed by atoms with Gasteiger partial charge in [0.25, 0.3) is 0 Å². The van der Waals surface area contributed by atoms with E-state index in [-0.39, 0.29) is 0 Å². The van der Waals surface area contributed by atoms with Gasteiger partial charge in [0.05, 0.1) is 0 Å². The predicted molar refractivity (Wildman–Crippen MR) is 256 cm³/mol. The fraction of sp³-hybridized carbons (Fsp3) is 0.308. The molecule has 0 bridgehead atoms. The Bertz CT molecular complexity index is 2190. The van der Waals surface area contributed by atoms with Gasteiger partial charge in [0.1, 0.15) is 0 Å². The fourth-order valence-corrected chi connectivity index (χ4v) is 8.39. The van der Waals surface area contributed by atoms with Gasteiger partial charge in [-0.15, -0.1) is 0 Å². The molecule has 0 unspecified atom stereocenters. The number of aryl methyl sites for hydroxylation is 4. The van der Waals surface area contributed by atoms with Crippen molar-refractivity contribution in [3.63, 3.8) is 0 Å². The van der Waals surface area contributed by atoms with Gasteiger partial charge < -0.3 is 20.7 Å². The molecular formula is C52H62BBrN4O2. The van der Waals surface area contributed by atoms with E-state index in [1.165, 1.54) is 44.5 Å². The summed E-state index contributed by atoms with van der Waals surface area (Å²) in [6.45, 7) is 16.8. The Kier molecular flexibility index (Phi) is 17.3. The van der Waals surface area contributed by atoms with Crippen LogP contribution in [0.3, 0.4) is 0 Å². The zero-order valence-corrected chi connectivity index (χ0v) is 37.4. The average molecular weight is 866 g/mol. The highest BCUT2D eigenvalue weighted by Gasteiger charge is 2.21. The van der Waals surface area contributed by atoms with Gasteiger partial charge in [0.15, 0.2) is 0 Å². The molecule has 4 N–H and O–H groups in total. The Hall–Kier alpha value is -4.38. The van der Waals surface area contributed by atoms with Gasteiger partial charge in [-0.25, -0.2) is 0 Å². The summed E-state index contributed by atoms with van der Waals surface area (Å²) in [6.07, 6.45) is 2.21. The molecule has 0 amide bonds. The molecule has 6 nitrogen and oxygen atoms in total. The van der Waals surface area contributed by atoms with Gasteiger partial charge >= 0.3 is 7.12 Å². The van der Waals surface area contributed by atoms with Crippen LogP contribution >= 0.6 is 15.9 Å².